The van der Waals surface area contributed by atoms with Crippen LogP contribution in [0.5, 0.6) is 0 Å². The van der Waals surface area contributed by atoms with Gasteiger partial charge in [0.1, 0.15) is 5.69 Å². The number of halogens is 1. The first-order chi connectivity index (χ1) is 9.31. The van der Waals surface area contributed by atoms with Gasteiger partial charge >= 0.3 is 0 Å². The lowest BCUT2D eigenvalue weighted by Gasteiger charge is -2.05. The predicted molar refractivity (Wildman–Crippen MR) is 81.5 cm³/mol. The second kappa shape index (κ2) is 4.89. The average Bonchev–Trinajstić information content (AvgIpc) is 2.44. The highest BCUT2D eigenvalue weighted by atomic mass is 79.9. The maximum atomic E-state index is 4.12. The zero-order chi connectivity index (χ0) is 12.8. The minimum Gasteiger partial charge on any atom is -1.00 e. The topological polar surface area (TPSA) is 27.6 Å². The lowest BCUT2D eigenvalue weighted by molar-refractivity contribution is -0.252. The summed E-state index contributed by atoms with van der Waals surface area (Å²) in [6.45, 7) is 0. The van der Waals surface area contributed by atoms with E-state index in [1.165, 1.54) is 32.3 Å². The first-order valence-electron chi connectivity index (χ1n) is 6.48. The van der Waals surface area contributed by atoms with Gasteiger partial charge in [0.2, 0.25) is 0 Å². The maximum absolute atomic E-state index is 4.12. The van der Waals surface area contributed by atoms with E-state index >= 15 is 0 Å². The summed E-state index contributed by atoms with van der Waals surface area (Å²) in [5.41, 5.74) is 5.21. The molecule has 0 unspecified atom stereocenters. The SMILES string of the molecule is [Br-].[NH3+]c1cccc2cc3cc4ccccc4cc3cc12. The van der Waals surface area contributed by atoms with Gasteiger partial charge in [-0.25, -0.2) is 0 Å². The minimum absolute atomic E-state index is 0. The van der Waals surface area contributed by atoms with Crippen LogP contribution in [0, 0.1) is 0 Å². The van der Waals surface area contributed by atoms with Crippen molar-refractivity contribution in [1.29, 1.82) is 0 Å². The van der Waals surface area contributed by atoms with Crippen molar-refractivity contribution in [3.8, 4) is 0 Å². The van der Waals surface area contributed by atoms with E-state index in [0.717, 1.165) is 5.69 Å². The Labute approximate surface area is 127 Å². The smallest absolute Gasteiger partial charge is 0.135 e. The lowest BCUT2D eigenvalue weighted by atomic mass is 9.99. The number of benzene rings is 4. The summed E-state index contributed by atoms with van der Waals surface area (Å²) in [6.07, 6.45) is 0. The third-order valence-corrected chi connectivity index (χ3v) is 3.79. The van der Waals surface area contributed by atoms with Gasteiger partial charge in [-0.3, -0.25) is 0 Å². The highest BCUT2D eigenvalue weighted by Gasteiger charge is 2.04. The summed E-state index contributed by atoms with van der Waals surface area (Å²) >= 11 is 0. The molecule has 0 amide bonds. The van der Waals surface area contributed by atoms with Crippen molar-refractivity contribution in [2.45, 2.75) is 0 Å². The zero-order valence-corrected chi connectivity index (χ0v) is 12.5. The van der Waals surface area contributed by atoms with Crippen molar-refractivity contribution in [1.82, 2.24) is 0 Å². The molecule has 0 heterocycles. The van der Waals surface area contributed by atoms with Crippen molar-refractivity contribution in [2.24, 2.45) is 0 Å². The number of quaternary nitrogens is 1. The fraction of sp³-hybridized carbons (Fsp3) is 0. The average molecular weight is 324 g/mol. The van der Waals surface area contributed by atoms with Gasteiger partial charge < -0.3 is 22.7 Å². The van der Waals surface area contributed by atoms with Gasteiger partial charge in [-0.15, -0.1) is 0 Å². The van der Waals surface area contributed by atoms with Crippen molar-refractivity contribution in [2.75, 3.05) is 0 Å². The van der Waals surface area contributed by atoms with Crippen LogP contribution in [0.2, 0.25) is 0 Å². The van der Waals surface area contributed by atoms with Gasteiger partial charge in [-0.2, -0.15) is 0 Å². The first kappa shape index (κ1) is 13.1. The number of rotatable bonds is 0. The summed E-state index contributed by atoms with van der Waals surface area (Å²) < 4.78 is 0. The Kier molecular flexibility index (Phi) is 3.20. The molecule has 4 aromatic rings. The molecule has 1 nitrogen and oxygen atoms in total. The lowest BCUT2D eigenvalue weighted by Crippen LogP contribution is -3.00. The first-order valence-corrected chi connectivity index (χ1v) is 6.48. The molecule has 2 heteroatoms. The van der Waals surface area contributed by atoms with Crippen LogP contribution < -0.4 is 22.7 Å². The molecule has 0 saturated carbocycles. The molecule has 0 atom stereocenters. The highest BCUT2D eigenvalue weighted by Crippen LogP contribution is 2.29. The van der Waals surface area contributed by atoms with Gasteiger partial charge in [0, 0.05) is 5.39 Å². The quantitative estimate of drug-likeness (QED) is 0.468. The second-order valence-corrected chi connectivity index (χ2v) is 5.04. The van der Waals surface area contributed by atoms with Crippen LogP contribution in [-0.2, 0) is 0 Å². The molecule has 0 spiro atoms. The fourth-order valence-corrected chi connectivity index (χ4v) is 2.78. The molecule has 0 fully saturated rings. The van der Waals surface area contributed by atoms with E-state index in [1.54, 1.807) is 0 Å². The number of hydrogen-bond acceptors (Lipinski definition) is 0. The molecule has 0 radical (unpaired) electrons. The Hall–Kier alpha value is -1.90. The molecule has 98 valence electrons. The molecular weight excluding hydrogens is 310 g/mol. The van der Waals surface area contributed by atoms with Crippen molar-refractivity contribution in [3.05, 3.63) is 66.7 Å². The van der Waals surface area contributed by atoms with Gasteiger partial charge in [0.25, 0.3) is 0 Å². The maximum Gasteiger partial charge on any atom is 0.135 e. The Morgan fingerprint density at radius 2 is 1.10 bits per heavy atom. The Balaban J connectivity index is 0.00000121. The van der Waals surface area contributed by atoms with Crippen LogP contribution in [0.1, 0.15) is 0 Å². The van der Waals surface area contributed by atoms with Crippen LogP contribution in [0.3, 0.4) is 0 Å². The van der Waals surface area contributed by atoms with E-state index in [9.17, 15) is 0 Å². The van der Waals surface area contributed by atoms with Crippen LogP contribution >= 0.6 is 0 Å². The molecule has 3 N–H and O–H groups in total. The molecular formula is C18H14BrN. The Bertz CT molecular complexity index is 928. The second-order valence-electron chi connectivity index (χ2n) is 5.04. The van der Waals surface area contributed by atoms with Crippen LogP contribution in [-0.4, -0.2) is 0 Å². The van der Waals surface area contributed by atoms with E-state index in [-0.39, 0.29) is 17.0 Å². The van der Waals surface area contributed by atoms with E-state index in [2.05, 4.69) is 72.5 Å². The third-order valence-electron chi connectivity index (χ3n) is 3.79. The monoisotopic (exact) mass is 323 g/mol. The largest absolute Gasteiger partial charge is 1.00 e. The summed E-state index contributed by atoms with van der Waals surface area (Å²) in [5, 5.41) is 7.65. The summed E-state index contributed by atoms with van der Waals surface area (Å²) in [5.74, 6) is 0. The van der Waals surface area contributed by atoms with Crippen molar-refractivity contribution >= 4 is 38.0 Å². The van der Waals surface area contributed by atoms with Crippen LogP contribution in [0.4, 0.5) is 5.69 Å². The van der Waals surface area contributed by atoms with Gasteiger partial charge in [0.15, 0.2) is 0 Å². The zero-order valence-electron chi connectivity index (χ0n) is 10.9. The van der Waals surface area contributed by atoms with Crippen molar-refractivity contribution < 1.29 is 22.7 Å². The Morgan fingerprint density at radius 1 is 0.550 bits per heavy atom. The molecule has 0 aliphatic heterocycles. The summed E-state index contributed by atoms with van der Waals surface area (Å²) in [4.78, 5) is 0. The van der Waals surface area contributed by atoms with Gasteiger partial charge in [-0.1, -0.05) is 36.4 Å². The van der Waals surface area contributed by atoms with E-state index in [4.69, 9.17) is 0 Å². The summed E-state index contributed by atoms with van der Waals surface area (Å²) in [7, 11) is 0. The molecule has 20 heavy (non-hydrogen) atoms. The normalized spacial score (nSPS) is 10.8. The standard InChI is InChI=1S/C18H13N.BrH/c19-18-7-3-6-14-10-15-8-12-4-1-2-5-13(12)9-16(15)11-17(14)18;/h1-11H,19H2;1H. The molecule has 0 bridgehead atoms. The Morgan fingerprint density at radius 3 is 1.80 bits per heavy atom. The number of hydrogen-bond donors (Lipinski definition) is 1. The predicted octanol–water partition coefficient (Wildman–Crippen LogP) is 1.02. The van der Waals surface area contributed by atoms with E-state index in [1.807, 2.05) is 0 Å². The van der Waals surface area contributed by atoms with Gasteiger partial charge in [0.05, 0.1) is 0 Å². The molecule has 4 aromatic carbocycles. The van der Waals surface area contributed by atoms with E-state index < -0.39 is 0 Å². The van der Waals surface area contributed by atoms with E-state index in [0.29, 0.717) is 0 Å². The third kappa shape index (κ3) is 1.98. The molecule has 0 aromatic heterocycles. The van der Waals surface area contributed by atoms with Crippen LogP contribution in [0.25, 0.3) is 32.3 Å². The molecule has 4 rings (SSSR count). The van der Waals surface area contributed by atoms with Crippen molar-refractivity contribution in [3.63, 3.8) is 0 Å². The molecule has 0 aliphatic carbocycles. The van der Waals surface area contributed by atoms with Crippen LogP contribution in [0.15, 0.2) is 66.7 Å². The fourth-order valence-electron chi connectivity index (χ4n) is 2.78. The summed E-state index contributed by atoms with van der Waals surface area (Å²) in [6, 6.07) is 23.8. The minimum atomic E-state index is 0. The molecule has 0 saturated heterocycles. The molecule has 0 aliphatic rings. The van der Waals surface area contributed by atoms with Gasteiger partial charge in [-0.05, 0) is 57.3 Å². The number of fused-ring (bicyclic) bond motifs is 3. The highest BCUT2D eigenvalue weighted by molar-refractivity contribution is 6.06.